The molecule has 0 aromatic carbocycles. The Kier molecular flexibility index (Phi) is 5.85. The van der Waals surface area contributed by atoms with Gasteiger partial charge in [-0.1, -0.05) is 0 Å². The van der Waals surface area contributed by atoms with Gasteiger partial charge in [0.1, 0.15) is 0 Å². The van der Waals surface area contributed by atoms with E-state index < -0.39 is 5.97 Å². The second-order valence-electron chi connectivity index (χ2n) is 6.08. The number of likely N-dealkylation sites (tertiary alicyclic amines) is 1. The van der Waals surface area contributed by atoms with Crippen LogP contribution >= 0.6 is 0 Å². The van der Waals surface area contributed by atoms with Gasteiger partial charge in [-0.15, -0.1) is 0 Å². The molecule has 6 heteroatoms. The molecular weight excluding hydrogens is 272 g/mol. The van der Waals surface area contributed by atoms with Gasteiger partial charge >= 0.3 is 12.0 Å². The van der Waals surface area contributed by atoms with Gasteiger partial charge in [0.2, 0.25) is 0 Å². The summed E-state index contributed by atoms with van der Waals surface area (Å²) in [5.41, 5.74) is 0. The van der Waals surface area contributed by atoms with E-state index in [1.54, 1.807) is 4.90 Å². The summed E-state index contributed by atoms with van der Waals surface area (Å²) in [5.74, 6) is -0.842. The van der Waals surface area contributed by atoms with Crippen molar-refractivity contribution in [3.8, 4) is 0 Å². The molecule has 0 bridgehead atoms. The maximum Gasteiger partial charge on any atom is 0.320 e. The summed E-state index contributed by atoms with van der Waals surface area (Å²) < 4.78 is 0. The number of piperidine rings is 1. The van der Waals surface area contributed by atoms with E-state index in [1.165, 1.54) is 0 Å². The maximum absolute atomic E-state index is 12.8. The fourth-order valence-electron chi connectivity index (χ4n) is 3.20. The van der Waals surface area contributed by atoms with Crippen molar-refractivity contribution in [2.75, 3.05) is 19.7 Å². The van der Waals surface area contributed by atoms with Crippen LogP contribution in [0.5, 0.6) is 0 Å². The van der Waals surface area contributed by atoms with Crippen molar-refractivity contribution in [3.63, 3.8) is 0 Å². The number of carbonyl (C=O) groups excluding carboxylic acids is 1. The second kappa shape index (κ2) is 7.64. The monoisotopic (exact) mass is 298 g/mol. The lowest BCUT2D eigenvalue weighted by Crippen LogP contribution is -2.55. The Morgan fingerprint density at radius 1 is 1.14 bits per heavy atom. The first kappa shape index (κ1) is 16.1. The molecule has 0 aromatic rings. The molecule has 1 saturated carbocycles. The molecule has 1 saturated heterocycles. The van der Waals surface area contributed by atoms with E-state index in [0.29, 0.717) is 19.5 Å². The van der Waals surface area contributed by atoms with E-state index >= 15 is 0 Å². The predicted molar refractivity (Wildman–Crippen MR) is 78.0 cm³/mol. The zero-order valence-electron chi connectivity index (χ0n) is 12.5. The molecule has 21 heavy (non-hydrogen) atoms. The maximum atomic E-state index is 12.8. The second-order valence-corrected chi connectivity index (χ2v) is 6.08. The van der Waals surface area contributed by atoms with Crippen LogP contribution in [-0.2, 0) is 4.79 Å². The van der Waals surface area contributed by atoms with Crippen molar-refractivity contribution in [2.24, 2.45) is 0 Å². The van der Waals surface area contributed by atoms with Crippen LogP contribution in [0.25, 0.3) is 0 Å². The Morgan fingerprint density at radius 2 is 1.90 bits per heavy atom. The first-order chi connectivity index (χ1) is 10.1. The van der Waals surface area contributed by atoms with Gasteiger partial charge in [0, 0.05) is 31.8 Å². The number of urea groups is 1. The molecule has 0 aromatic heterocycles. The van der Waals surface area contributed by atoms with Crippen molar-refractivity contribution in [2.45, 2.75) is 63.5 Å². The summed E-state index contributed by atoms with van der Waals surface area (Å²) in [6, 6.07) is 0.0657. The standard InChI is InChI=1S/C15H26N2O4/c18-10-4-9-16(12-6-3-7-12)15(21)17-8-2-1-5-13(17)11-14(19)20/h12-13,18H,1-11H2,(H,19,20). The summed E-state index contributed by atoms with van der Waals surface area (Å²) in [7, 11) is 0. The number of aliphatic hydroxyl groups excluding tert-OH is 1. The highest BCUT2D eigenvalue weighted by atomic mass is 16.4. The quantitative estimate of drug-likeness (QED) is 0.781. The number of rotatable bonds is 6. The minimum Gasteiger partial charge on any atom is -0.481 e. The molecule has 2 rings (SSSR count). The highest BCUT2D eigenvalue weighted by Crippen LogP contribution is 2.28. The number of carboxylic acid groups (broad SMARTS) is 1. The first-order valence-corrected chi connectivity index (χ1v) is 8.03. The summed E-state index contributed by atoms with van der Waals surface area (Å²) in [6.07, 6.45) is 6.51. The topological polar surface area (TPSA) is 81.1 Å². The molecule has 120 valence electrons. The number of amides is 2. The number of carbonyl (C=O) groups is 2. The predicted octanol–water partition coefficient (Wildman–Crippen LogP) is 1.67. The van der Waals surface area contributed by atoms with Crippen molar-refractivity contribution < 1.29 is 19.8 Å². The molecular formula is C15H26N2O4. The molecule has 0 radical (unpaired) electrons. The van der Waals surface area contributed by atoms with Crippen LogP contribution in [0.4, 0.5) is 4.79 Å². The Hall–Kier alpha value is -1.30. The summed E-state index contributed by atoms with van der Waals surface area (Å²) >= 11 is 0. The van der Waals surface area contributed by atoms with Gasteiger partial charge < -0.3 is 20.0 Å². The molecule has 2 fully saturated rings. The average Bonchev–Trinajstić information content (AvgIpc) is 2.40. The molecule has 1 unspecified atom stereocenters. The molecule has 2 amide bonds. The van der Waals surface area contributed by atoms with Crippen molar-refractivity contribution >= 4 is 12.0 Å². The van der Waals surface area contributed by atoms with Crippen molar-refractivity contribution in [1.82, 2.24) is 9.80 Å². The van der Waals surface area contributed by atoms with E-state index in [4.69, 9.17) is 10.2 Å². The summed E-state index contributed by atoms with van der Waals surface area (Å²) in [5, 5.41) is 18.0. The average molecular weight is 298 g/mol. The van der Waals surface area contributed by atoms with Gasteiger partial charge in [0.25, 0.3) is 0 Å². The molecule has 1 atom stereocenters. The minimum absolute atomic E-state index is 0.0286. The van der Waals surface area contributed by atoms with Crippen molar-refractivity contribution in [1.29, 1.82) is 0 Å². The number of carboxylic acids is 1. The van der Waals surface area contributed by atoms with Gasteiger partial charge in [0.05, 0.1) is 6.42 Å². The number of aliphatic hydroxyl groups is 1. The molecule has 0 spiro atoms. The number of hydrogen-bond acceptors (Lipinski definition) is 3. The van der Waals surface area contributed by atoms with Crippen LogP contribution in [-0.4, -0.2) is 63.8 Å². The Morgan fingerprint density at radius 3 is 2.48 bits per heavy atom. The fourth-order valence-corrected chi connectivity index (χ4v) is 3.20. The summed E-state index contributed by atoms with van der Waals surface area (Å²) in [4.78, 5) is 27.4. The smallest absolute Gasteiger partial charge is 0.320 e. The third kappa shape index (κ3) is 4.09. The third-order valence-corrected chi connectivity index (χ3v) is 4.60. The Bertz CT molecular complexity index is 371. The lowest BCUT2D eigenvalue weighted by molar-refractivity contribution is -0.138. The number of nitrogens with zero attached hydrogens (tertiary/aromatic N) is 2. The molecule has 2 N–H and O–H groups in total. The largest absolute Gasteiger partial charge is 0.481 e. The van der Waals surface area contributed by atoms with E-state index in [2.05, 4.69) is 0 Å². The van der Waals surface area contributed by atoms with E-state index in [-0.39, 0.29) is 31.1 Å². The normalized spacial score (nSPS) is 22.7. The van der Waals surface area contributed by atoms with E-state index in [1.807, 2.05) is 4.90 Å². The van der Waals surface area contributed by atoms with Gasteiger partial charge in [0.15, 0.2) is 0 Å². The lowest BCUT2D eigenvalue weighted by atomic mass is 9.91. The Balaban J connectivity index is 2.03. The van der Waals surface area contributed by atoms with Gasteiger partial charge in [-0.25, -0.2) is 4.79 Å². The van der Waals surface area contributed by atoms with Gasteiger partial charge in [-0.05, 0) is 44.9 Å². The van der Waals surface area contributed by atoms with Crippen LogP contribution in [0.3, 0.4) is 0 Å². The van der Waals surface area contributed by atoms with E-state index in [9.17, 15) is 9.59 Å². The van der Waals surface area contributed by atoms with Crippen LogP contribution in [0.1, 0.15) is 51.4 Å². The third-order valence-electron chi connectivity index (χ3n) is 4.60. The van der Waals surface area contributed by atoms with E-state index in [0.717, 1.165) is 38.5 Å². The van der Waals surface area contributed by atoms with Gasteiger partial charge in [-0.3, -0.25) is 4.79 Å². The Labute approximate surface area is 125 Å². The zero-order valence-corrected chi connectivity index (χ0v) is 12.5. The highest BCUT2D eigenvalue weighted by molar-refractivity contribution is 5.76. The molecule has 1 heterocycles. The number of aliphatic carboxylic acids is 1. The lowest BCUT2D eigenvalue weighted by Gasteiger charge is -2.43. The van der Waals surface area contributed by atoms with Crippen LogP contribution in [0.2, 0.25) is 0 Å². The number of hydrogen-bond donors (Lipinski definition) is 2. The molecule has 1 aliphatic heterocycles. The van der Waals surface area contributed by atoms with Crippen LogP contribution in [0.15, 0.2) is 0 Å². The van der Waals surface area contributed by atoms with Crippen LogP contribution in [0, 0.1) is 0 Å². The molecule has 1 aliphatic carbocycles. The van der Waals surface area contributed by atoms with Crippen LogP contribution < -0.4 is 0 Å². The molecule has 2 aliphatic rings. The SMILES string of the molecule is O=C(O)CC1CCCCN1C(=O)N(CCCO)C1CCC1. The zero-order chi connectivity index (χ0) is 15.2. The highest BCUT2D eigenvalue weighted by Gasteiger charge is 2.35. The first-order valence-electron chi connectivity index (χ1n) is 8.03. The minimum atomic E-state index is -0.842. The summed E-state index contributed by atoms with van der Waals surface area (Å²) in [6.45, 7) is 1.30. The molecule has 6 nitrogen and oxygen atoms in total. The fraction of sp³-hybridized carbons (Fsp3) is 0.867. The van der Waals surface area contributed by atoms with Crippen molar-refractivity contribution in [3.05, 3.63) is 0 Å². The van der Waals surface area contributed by atoms with Gasteiger partial charge in [-0.2, -0.15) is 0 Å².